The number of hydrogen-bond acceptors (Lipinski definition) is 6. The van der Waals surface area contributed by atoms with Crippen molar-refractivity contribution in [3.63, 3.8) is 0 Å². The molecule has 9 nitrogen and oxygen atoms in total. The molecule has 2 aromatic heterocycles. The molecule has 3 N–H and O–H groups in total. The van der Waals surface area contributed by atoms with E-state index in [-0.39, 0.29) is 6.04 Å². The van der Waals surface area contributed by atoms with Crippen molar-refractivity contribution in [1.29, 1.82) is 0 Å². The highest BCUT2D eigenvalue weighted by Gasteiger charge is 2.38. The van der Waals surface area contributed by atoms with Crippen molar-refractivity contribution >= 4 is 28.8 Å². The number of anilines is 1. The third-order valence-electron chi connectivity index (χ3n) is 5.88. The Hall–Kier alpha value is -4.66. The quantitative estimate of drug-likeness (QED) is 0.289. The summed E-state index contributed by atoms with van der Waals surface area (Å²) in [7, 11) is 0. The zero-order valence-corrected chi connectivity index (χ0v) is 21.7. The molecule has 0 unspecified atom stereocenters. The minimum Gasteiger partial charge on any atom is -0.475 e. The van der Waals surface area contributed by atoms with Crippen LogP contribution in [0.15, 0.2) is 79.3 Å². The zero-order valence-electron chi connectivity index (χ0n) is 21.7. The van der Waals surface area contributed by atoms with Gasteiger partial charge in [0.2, 0.25) is 0 Å². The number of halogens is 6. The van der Waals surface area contributed by atoms with E-state index in [4.69, 9.17) is 19.8 Å². The van der Waals surface area contributed by atoms with E-state index in [2.05, 4.69) is 91.5 Å². The minimum atomic E-state index is -5.08. The second kappa shape index (κ2) is 13.8. The molecule has 1 aliphatic rings. The topological polar surface area (TPSA) is 121 Å². The van der Waals surface area contributed by atoms with Gasteiger partial charge in [0.1, 0.15) is 11.3 Å². The molecule has 1 saturated heterocycles. The molecule has 224 valence electrons. The van der Waals surface area contributed by atoms with Gasteiger partial charge in [-0.25, -0.2) is 19.6 Å². The molecule has 0 spiro atoms. The van der Waals surface area contributed by atoms with Crippen molar-refractivity contribution in [3.05, 3.63) is 90.4 Å². The summed E-state index contributed by atoms with van der Waals surface area (Å²) in [5, 5.41) is 17.7. The average Bonchev–Trinajstić information content (AvgIpc) is 3.37. The van der Waals surface area contributed by atoms with Gasteiger partial charge in [0.15, 0.2) is 0 Å². The van der Waals surface area contributed by atoms with E-state index in [0.29, 0.717) is 0 Å². The van der Waals surface area contributed by atoms with Crippen LogP contribution in [0.3, 0.4) is 0 Å². The first kappa shape index (κ1) is 31.9. The standard InChI is InChI=1S/C23H23N5.2C2HF3O2/c1-3-7-18(8-4-1)23(19-9-5-2-6-10-19)28-17-26-20-16-25-22(15-21(20)28)27-13-11-24-12-14-27;2*3-2(4,5)1(6)7/h1-10,15-17,23-24H,11-14H2;2*(H,6,7). The number of rotatable bonds is 4. The van der Waals surface area contributed by atoms with E-state index < -0.39 is 24.3 Å². The molecular formula is C27H25F6N5O4. The Kier molecular flexibility index (Phi) is 10.5. The normalized spacial score (nSPS) is 13.5. The first-order chi connectivity index (χ1) is 19.8. The molecule has 1 aliphatic heterocycles. The highest BCUT2D eigenvalue weighted by molar-refractivity contribution is 5.78. The Labute approximate surface area is 235 Å². The lowest BCUT2D eigenvalue weighted by Gasteiger charge is -2.28. The number of imidazole rings is 1. The number of nitrogens with zero attached hydrogens (tertiary/aromatic N) is 4. The summed E-state index contributed by atoms with van der Waals surface area (Å²) in [6.07, 6.45) is -6.32. The highest BCUT2D eigenvalue weighted by atomic mass is 19.4. The maximum atomic E-state index is 10.6. The zero-order chi connectivity index (χ0) is 30.9. The number of aromatic nitrogens is 3. The van der Waals surface area contributed by atoms with Gasteiger partial charge in [-0.05, 0) is 11.1 Å². The molecule has 3 heterocycles. The van der Waals surface area contributed by atoms with Crippen LogP contribution in [0.4, 0.5) is 32.2 Å². The molecule has 0 radical (unpaired) electrons. The Morgan fingerprint density at radius 3 is 1.67 bits per heavy atom. The van der Waals surface area contributed by atoms with Gasteiger partial charge in [-0.15, -0.1) is 0 Å². The van der Waals surface area contributed by atoms with Crippen molar-refractivity contribution in [3.8, 4) is 0 Å². The summed E-state index contributed by atoms with van der Waals surface area (Å²) in [4.78, 5) is 29.4. The number of carbonyl (C=O) groups is 2. The van der Waals surface area contributed by atoms with E-state index in [1.807, 2.05) is 12.5 Å². The number of pyridine rings is 1. The monoisotopic (exact) mass is 597 g/mol. The predicted octanol–water partition coefficient (Wildman–Crippen LogP) is 4.75. The molecular weight excluding hydrogens is 572 g/mol. The average molecular weight is 598 g/mol. The Bertz CT molecular complexity index is 1390. The van der Waals surface area contributed by atoms with Crippen LogP contribution in [-0.4, -0.2) is 75.2 Å². The van der Waals surface area contributed by atoms with Gasteiger partial charge in [-0.3, -0.25) is 0 Å². The number of piperazine rings is 1. The first-order valence-corrected chi connectivity index (χ1v) is 12.3. The van der Waals surface area contributed by atoms with Crippen molar-refractivity contribution in [2.24, 2.45) is 0 Å². The van der Waals surface area contributed by atoms with E-state index in [0.717, 1.165) is 43.0 Å². The SMILES string of the molecule is O=C(O)C(F)(F)F.O=C(O)C(F)(F)F.c1ccc(C(c2ccccc2)n2cnc3cnc(N4CCNCC4)cc32)cc1. The number of hydrogen-bond donors (Lipinski definition) is 3. The number of nitrogens with one attached hydrogen (secondary N) is 1. The lowest BCUT2D eigenvalue weighted by molar-refractivity contribution is -0.193. The molecule has 0 amide bonds. The van der Waals surface area contributed by atoms with E-state index >= 15 is 0 Å². The van der Waals surface area contributed by atoms with Gasteiger partial charge in [0, 0.05) is 32.2 Å². The van der Waals surface area contributed by atoms with Crippen molar-refractivity contribution in [2.75, 3.05) is 31.1 Å². The van der Waals surface area contributed by atoms with Gasteiger partial charge in [-0.2, -0.15) is 26.3 Å². The minimum absolute atomic E-state index is 0.0747. The summed E-state index contributed by atoms with van der Waals surface area (Å²) in [6.45, 7) is 3.95. The van der Waals surface area contributed by atoms with E-state index in [9.17, 15) is 26.3 Å². The largest absolute Gasteiger partial charge is 0.490 e. The second-order valence-corrected chi connectivity index (χ2v) is 8.75. The number of aliphatic carboxylic acids is 2. The Morgan fingerprint density at radius 1 is 0.786 bits per heavy atom. The Balaban J connectivity index is 0.000000289. The van der Waals surface area contributed by atoms with Crippen LogP contribution in [-0.2, 0) is 9.59 Å². The predicted molar refractivity (Wildman–Crippen MR) is 140 cm³/mol. The maximum absolute atomic E-state index is 10.6. The number of alkyl halides is 6. The molecule has 5 rings (SSSR count). The summed E-state index contributed by atoms with van der Waals surface area (Å²) >= 11 is 0. The molecule has 4 aromatic rings. The smallest absolute Gasteiger partial charge is 0.475 e. The fraction of sp³-hybridized carbons (Fsp3) is 0.259. The first-order valence-electron chi connectivity index (χ1n) is 12.3. The molecule has 42 heavy (non-hydrogen) atoms. The molecule has 0 aliphatic carbocycles. The van der Waals surface area contributed by atoms with Crippen LogP contribution < -0.4 is 10.2 Å². The Morgan fingerprint density at radius 2 is 1.24 bits per heavy atom. The van der Waals surface area contributed by atoms with Gasteiger partial charge < -0.3 is 25.0 Å². The lowest BCUT2D eigenvalue weighted by Crippen LogP contribution is -2.43. The van der Waals surface area contributed by atoms with Crippen molar-refractivity contribution < 1.29 is 46.1 Å². The number of carboxylic acid groups (broad SMARTS) is 2. The number of benzene rings is 2. The van der Waals surface area contributed by atoms with Crippen LogP contribution in [0.1, 0.15) is 17.2 Å². The highest BCUT2D eigenvalue weighted by Crippen LogP contribution is 2.31. The molecule has 0 atom stereocenters. The summed E-state index contributed by atoms with van der Waals surface area (Å²) in [5.74, 6) is -4.49. The van der Waals surface area contributed by atoms with Crippen LogP contribution in [0, 0.1) is 0 Å². The molecule has 0 bridgehead atoms. The molecule has 2 aromatic carbocycles. The fourth-order valence-corrected chi connectivity index (χ4v) is 3.98. The summed E-state index contributed by atoms with van der Waals surface area (Å²) in [6, 6.07) is 23.5. The lowest BCUT2D eigenvalue weighted by atomic mass is 9.98. The second-order valence-electron chi connectivity index (χ2n) is 8.75. The summed E-state index contributed by atoms with van der Waals surface area (Å²) in [5.41, 5.74) is 4.53. The number of carboxylic acids is 2. The van der Waals surface area contributed by atoms with Gasteiger partial charge >= 0.3 is 24.3 Å². The van der Waals surface area contributed by atoms with E-state index in [1.165, 1.54) is 11.1 Å². The molecule has 1 fully saturated rings. The van der Waals surface area contributed by atoms with Crippen LogP contribution >= 0.6 is 0 Å². The number of fused-ring (bicyclic) bond motifs is 1. The maximum Gasteiger partial charge on any atom is 0.490 e. The van der Waals surface area contributed by atoms with Crippen molar-refractivity contribution in [1.82, 2.24) is 19.9 Å². The van der Waals surface area contributed by atoms with Gasteiger partial charge in [-0.1, -0.05) is 60.7 Å². The third-order valence-corrected chi connectivity index (χ3v) is 5.88. The van der Waals surface area contributed by atoms with Crippen LogP contribution in [0.2, 0.25) is 0 Å². The van der Waals surface area contributed by atoms with Gasteiger partial charge in [0.25, 0.3) is 0 Å². The molecule has 0 saturated carbocycles. The van der Waals surface area contributed by atoms with Crippen molar-refractivity contribution in [2.45, 2.75) is 18.4 Å². The summed E-state index contributed by atoms with van der Waals surface area (Å²) < 4.78 is 65.7. The van der Waals surface area contributed by atoms with Crippen LogP contribution in [0.25, 0.3) is 11.0 Å². The van der Waals surface area contributed by atoms with Crippen LogP contribution in [0.5, 0.6) is 0 Å². The van der Waals surface area contributed by atoms with E-state index in [1.54, 1.807) is 0 Å². The molecule has 15 heteroatoms. The van der Waals surface area contributed by atoms with Gasteiger partial charge in [0.05, 0.1) is 24.1 Å². The fourth-order valence-electron chi connectivity index (χ4n) is 3.98. The third kappa shape index (κ3) is 8.67.